The Morgan fingerprint density at radius 3 is 3.11 bits per heavy atom. The van der Waals surface area contributed by atoms with E-state index in [9.17, 15) is 4.79 Å². The zero-order chi connectivity index (χ0) is 13.2. The molecule has 0 spiro atoms. The second-order valence-electron chi connectivity index (χ2n) is 4.85. The van der Waals surface area contributed by atoms with Crippen molar-refractivity contribution in [2.24, 2.45) is 0 Å². The lowest BCUT2D eigenvalue weighted by atomic mass is 10.1. The standard InChI is InChI=1S/C14H15BrN2O2/c15-10-4-5-13-12(7-10)14(18)17(9-16-13)8-11-3-1-2-6-19-11/h4-5,7,9,11H,1-3,6,8H2. The van der Waals surface area contributed by atoms with Crippen LogP contribution in [0.25, 0.3) is 10.9 Å². The number of aromatic nitrogens is 2. The highest BCUT2D eigenvalue weighted by Crippen LogP contribution is 2.16. The highest BCUT2D eigenvalue weighted by atomic mass is 79.9. The Balaban J connectivity index is 1.95. The molecule has 2 heterocycles. The molecular weight excluding hydrogens is 308 g/mol. The summed E-state index contributed by atoms with van der Waals surface area (Å²) < 4.78 is 8.23. The Bertz CT molecular complexity index is 647. The lowest BCUT2D eigenvalue weighted by Gasteiger charge is -2.23. The van der Waals surface area contributed by atoms with Crippen molar-refractivity contribution in [2.75, 3.05) is 6.61 Å². The van der Waals surface area contributed by atoms with Gasteiger partial charge in [0, 0.05) is 11.1 Å². The fraction of sp³-hybridized carbons (Fsp3) is 0.429. The second-order valence-corrected chi connectivity index (χ2v) is 5.77. The van der Waals surface area contributed by atoms with Gasteiger partial charge in [0.25, 0.3) is 5.56 Å². The van der Waals surface area contributed by atoms with E-state index in [1.54, 1.807) is 10.9 Å². The van der Waals surface area contributed by atoms with Crippen molar-refractivity contribution in [1.82, 2.24) is 9.55 Å². The van der Waals surface area contributed by atoms with Crippen molar-refractivity contribution in [3.63, 3.8) is 0 Å². The summed E-state index contributed by atoms with van der Waals surface area (Å²) >= 11 is 3.39. The number of rotatable bonds is 2. The van der Waals surface area contributed by atoms with Gasteiger partial charge in [-0.25, -0.2) is 4.98 Å². The zero-order valence-electron chi connectivity index (χ0n) is 10.5. The van der Waals surface area contributed by atoms with Crippen LogP contribution >= 0.6 is 15.9 Å². The predicted molar refractivity (Wildman–Crippen MR) is 77.3 cm³/mol. The summed E-state index contributed by atoms with van der Waals surface area (Å²) in [5.74, 6) is 0. The van der Waals surface area contributed by atoms with Crippen molar-refractivity contribution in [1.29, 1.82) is 0 Å². The van der Waals surface area contributed by atoms with E-state index in [2.05, 4.69) is 20.9 Å². The van der Waals surface area contributed by atoms with Crippen molar-refractivity contribution < 1.29 is 4.74 Å². The van der Waals surface area contributed by atoms with E-state index in [-0.39, 0.29) is 11.7 Å². The summed E-state index contributed by atoms with van der Waals surface area (Å²) in [6, 6.07) is 5.56. The minimum Gasteiger partial charge on any atom is -0.376 e. The first-order chi connectivity index (χ1) is 9.24. The molecule has 1 aliphatic rings. The lowest BCUT2D eigenvalue weighted by molar-refractivity contribution is 0.00535. The van der Waals surface area contributed by atoms with Crippen LogP contribution in [0.3, 0.4) is 0 Å². The molecule has 5 heteroatoms. The van der Waals surface area contributed by atoms with Gasteiger partial charge in [-0.15, -0.1) is 0 Å². The summed E-state index contributed by atoms with van der Waals surface area (Å²) in [7, 11) is 0. The molecule has 1 saturated heterocycles. The van der Waals surface area contributed by atoms with Gasteiger partial charge in [0.2, 0.25) is 0 Å². The first-order valence-corrected chi connectivity index (χ1v) is 7.29. The number of hydrogen-bond acceptors (Lipinski definition) is 3. The van der Waals surface area contributed by atoms with Crippen LogP contribution in [0.15, 0.2) is 33.8 Å². The molecule has 0 N–H and O–H groups in total. The van der Waals surface area contributed by atoms with Gasteiger partial charge >= 0.3 is 0 Å². The molecule has 4 nitrogen and oxygen atoms in total. The van der Waals surface area contributed by atoms with Crippen molar-refractivity contribution in [3.05, 3.63) is 39.4 Å². The molecule has 19 heavy (non-hydrogen) atoms. The maximum Gasteiger partial charge on any atom is 0.261 e. The van der Waals surface area contributed by atoms with Crippen LogP contribution in [0.1, 0.15) is 19.3 Å². The highest BCUT2D eigenvalue weighted by Gasteiger charge is 2.15. The summed E-state index contributed by atoms with van der Waals surface area (Å²) in [6.07, 6.45) is 5.07. The Labute approximate surface area is 119 Å². The van der Waals surface area contributed by atoms with Crippen LogP contribution < -0.4 is 5.56 Å². The van der Waals surface area contributed by atoms with E-state index in [0.29, 0.717) is 11.9 Å². The largest absolute Gasteiger partial charge is 0.376 e. The smallest absolute Gasteiger partial charge is 0.261 e. The number of nitrogens with zero attached hydrogens (tertiary/aromatic N) is 2. The summed E-state index contributed by atoms with van der Waals surface area (Å²) in [4.78, 5) is 16.7. The van der Waals surface area contributed by atoms with Crippen LogP contribution in [0.5, 0.6) is 0 Å². The SMILES string of the molecule is O=c1c2cc(Br)ccc2ncn1CC1CCCCO1. The van der Waals surface area contributed by atoms with E-state index in [1.807, 2.05) is 18.2 Å². The van der Waals surface area contributed by atoms with Gasteiger partial charge in [-0.05, 0) is 37.5 Å². The molecule has 1 fully saturated rings. The van der Waals surface area contributed by atoms with Gasteiger partial charge in [-0.1, -0.05) is 15.9 Å². The first kappa shape index (κ1) is 12.8. The fourth-order valence-electron chi connectivity index (χ4n) is 2.43. The minimum absolute atomic E-state index is 0.000438. The Morgan fingerprint density at radius 1 is 1.42 bits per heavy atom. The predicted octanol–water partition coefficient (Wildman–Crippen LogP) is 2.73. The van der Waals surface area contributed by atoms with Gasteiger partial charge in [0.1, 0.15) is 0 Å². The summed E-state index contributed by atoms with van der Waals surface area (Å²) in [5, 5.41) is 0.646. The van der Waals surface area contributed by atoms with Crippen molar-refractivity contribution >= 4 is 26.8 Å². The number of benzene rings is 1. The number of fused-ring (bicyclic) bond motifs is 1. The summed E-state index contributed by atoms with van der Waals surface area (Å²) in [6.45, 7) is 1.39. The van der Waals surface area contributed by atoms with Gasteiger partial charge in [0.05, 0.1) is 29.9 Å². The molecule has 100 valence electrons. The Hall–Kier alpha value is -1.20. The number of hydrogen-bond donors (Lipinski definition) is 0. The first-order valence-electron chi connectivity index (χ1n) is 6.50. The van der Waals surface area contributed by atoms with Crippen LogP contribution in [-0.2, 0) is 11.3 Å². The van der Waals surface area contributed by atoms with Gasteiger partial charge in [0.15, 0.2) is 0 Å². The van der Waals surface area contributed by atoms with Crippen LogP contribution in [0.2, 0.25) is 0 Å². The lowest BCUT2D eigenvalue weighted by Crippen LogP contribution is -2.30. The van der Waals surface area contributed by atoms with E-state index < -0.39 is 0 Å². The van der Waals surface area contributed by atoms with Gasteiger partial charge in [-0.2, -0.15) is 0 Å². The normalized spacial score (nSPS) is 19.7. The summed E-state index contributed by atoms with van der Waals surface area (Å²) in [5.41, 5.74) is 0.731. The van der Waals surface area contributed by atoms with Crippen LogP contribution in [-0.4, -0.2) is 22.3 Å². The molecular formula is C14H15BrN2O2. The molecule has 2 aromatic rings. The van der Waals surface area contributed by atoms with Crippen LogP contribution in [0.4, 0.5) is 0 Å². The fourth-order valence-corrected chi connectivity index (χ4v) is 2.79. The molecule has 1 atom stereocenters. The molecule has 1 aromatic heterocycles. The molecule has 0 aliphatic carbocycles. The monoisotopic (exact) mass is 322 g/mol. The zero-order valence-corrected chi connectivity index (χ0v) is 12.1. The Kier molecular flexibility index (Phi) is 3.66. The molecule has 0 saturated carbocycles. The van der Waals surface area contributed by atoms with Gasteiger partial charge < -0.3 is 4.74 Å². The van der Waals surface area contributed by atoms with E-state index >= 15 is 0 Å². The number of ether oxygens (including phenoxy) is 1. The molecule has 0 bridgehead atoms. The molecule has 0 radical (unpaired) electrons. The van der Waals surface area contributed by atoms with E-state index in [0.717, 1.165) is 29.4 Å². The van der Waals surface area contributed by atoms with Crippen molar-refractivity contribution in [3.8, 4) is 0 Å². The maximum atomic E-state index is 12.4. The van der Waals surface area contributed by atoms with Gasteiger partial charge in [-0.3, -0.25) is 9.36 Å². The third kappa shape index (κ3) is 2.72. The number of halogens is 1. The topological polar surface area (TPSA) is 44.1 Å². The average molecular weight is 323 g/mol. The van der Waals surface area contributed by atoms with Crippen LogP contribution in [0, 0.1) is 0 Å². The molecule has 1 aromatic carbocycles. The van der Waals surface area contributed by atoms with E-state index in [4.69, 9.17) is 4.74 Å². The Morgan fingerprint density at radius 2 is 2.32 bits per heavy atom. The molecule has 1 aliphatic heterocycles. The third-order valence-corrected chi connectivity index (χ3v) is 3.95. The highest BCUT2D eigenvalue weighted by molar-refractivity contribution is 9.10. The minimum atomic E-state index is 0.000438. The second kappa shape index (κ2) is 5.43. The van der Waals surface area contributed by atoms with E-state index in [1.165, 1.54) is 6.42 Å². The maximum absolute atomic E-state index is 12.4. The average Bonchev–Trinajstić information content (AvgIpc) is 2.44. The quantitative estimate of drug-likeness (QED) is 0.854. The molecule has 3 rings (SSSR count). The van der Waals surface area contributed by atoms with Crippen molar-refractivity contribution in [2.45, 2.75) is 31.9 Å². The third-order valence-electron chi connectivity index (χ3n) is 3.46. The molecule has 1 unspecified atom stereocenters. The molecule has 0 amide bonds.